The summed E-state index contributed by atoms with van der Waals surface area (Å²) in [5.74, 6) is 0.611. The van der Waals surface area contributed by atoms with E-state index in [1.54, 1.807) is 13.0 Å². The van der Waals surface area contributed by atoms with Crippen molar-refractivity contribution in [2.45, 2.75) is 6.92 Å². The highest BCUT2D eigenvalue weighted by Gasteiger charge is 2.03. The normalized spacial score (nSPS) is 9.71. The van der Waals surface area contributed by atoms with E-state index in [1.165, 1.54) is 0 Å². The molecule has 0 saturated heterocycles. The molecule has 0 aromatic carbocycles. The number of nitrogens with one attached hydrogen (secondary N) is 1. The summed E-state index contributed by atoms with van der Waals surface area (Å²) < 4.78 is 0. The molecule has 14 heavy (non-hydrogen) atoms. The number of nitrogens with zero attached hydrogens (tertiary/aromatic N) is 3. The van der Waals surface area contributed by atoms with Crippen LogP contribution in [0.1, 0.15) is 11.5 Å². The second-order valence-corrected chi connectivity index (χ2v) is 2.90. The number of aromatic nitrogens is 3. The summed E-state index contributed by atoms with van der Waals surface area (Å²) in [5.41, 5.74) is 2.14. The van der Waals surface area contributed by atoms with Crippen molar-refractivity contribution in [3.8, 4) is 17.3 Å². The lowest BCUT2D eigenvalue weighted by atomic mass is 10.2. The highest BCUT2D eigenvalue weighted by atomic mass is 14.9. The van der Waals surface area contributed by atoms with Crippen molar-refractivity contribution < 1.29 is 0 Å². The molecule has 2 aromatic rings. The number of nitriles is 1. The molecule has 0 aliphatic rings. The zero-order valence-corrected chi connectivity index (χ0v) is 7.65. The van der Waals surface area contributed by atoms with Crippen molar-refractivity contribution >= 4 is 0 Å². The molecule has 1 N–H and O–H groups in total. The summed E-state index contributed by atoms with van der Waals surface area (Å²) in [5, 5.41) is 8.74. The second-order valence-electron chi connectivity index (χ2n) is 2.90. The summed E-state index contributed by atoms with van der Waals surface area (Å²) in [7, 11) is 0. The van der Waals surface area contributed by atoms with Crippen LogP contribution in [-0.4, -0.2) is 15.0 Å². The Morgan fingerprint density at radius 2 is 2.29 bits per heavy atom. The van der Waals surface area contributed by atoms with Crippen molar-refractivity contribution in [1.82, 2.24) is 15.0 Å². The molecule has 0 aliphatic carbocycles. The molecular weight excluding hydrogens is 176 g/mol. The molecular formula is C10H8N4. The van der Waals surface area contributed by atoms with Gasteiger partial charge in [0.2, 0.25) is 0 Å². The van der Waals surface area contributed by atoms with E-state index in [1.807, 2.05) is 24.5 Å². The van der Waals surface area contributed by atoms with Gasteiger partial charge in [0, 0.05) is 24.0 Å². The van der Waals surface area contributed by atoms with Crippen LogP contribution in [0.25, 0.3) is 11.3 Å². The molecule has 0 aliphatic heterocycles. The Morgan fingerprint density at radius 3 is 2.93 bits per heavy atom. The van der Waals surface area contributed by atoms with Crippen LogP contribution in [-0.2, 0) is 0 Å². The number of hydrogen-bond acceptors (Lipinski definition) is 3. The highest BCUT2D eigenvalue weighted by Crippen LogP contribution is 2.16. The van der Waals surface area contributed by atoms with Crippen LogP contribution in [0.15, 0.2) is 24.5 Å². The number of aryl methyl sites for hydroxylation is 1. The minimum Gasteiger partial charge on any atom is -0.367 e. The first-order valence-corrected chi connectivity index (χ1v) is 4.18. The van der Waals surface area contributed by atoms with Crippen LogP contribution >= 0.6 is 0 Å². The lowest BCUT2D eigenvalue weighted by Gasteiger charge is -1.98. The third kappa shape index (κ3) is 1.48. The fraction of sp³-hybridized carbons (Fsp3) is 0.100. The van der Waals surface area contributed by atoms with E-state index in [0.717, 1.165) is 11.3 Å². The van der Waals surface area contributed by atoms with Crippen molar-refractivity contribution in [3.05, 3.63) is 36.0 Å². The van der Waals surface area contributed by atoms with Crippen molar-refractivity contribution in [2.24, 2.45) is 0 Å². The van der Waals surface area contributed by atoms with Gasteiger partial charge in [0.05, 0.1) is 5.69 Å². The predicted molar refractivity (Wildman–Crippen MR) is 51.3 cm³/mol. The number of rotatable bonds is 1. The molecule has 2 aromatic heterocycles. The minimum atomic E-state index is 0.397. The van der Waals surface area contributed by atoms with Crippen molar-refractivity contribution in [3.63, 3.8) is 0 Å². The first kappa shape index (κ1) is 8.45. The van der Waals surface area contributed by atoms with Gasteiger partial charge in [-0.3, -0.25) is 0 Å². The van der Waals surface area contributed by atoms with Crippen molar-refractivity contribution in [2.75, 3.05) is 0 Å². The molecule has 68 valence electrons. The SMILES string of the molecule is Cc1nc(C#N)cc(-c2cc[nH]c2)n1. The maximum absolute atomic E-state index is 8.74. The summed E-state index contributed by atoms with van der Waals surface area (Å²) in [6, 6.07) is 5.59. The Kier molecular flexibility index (Phi) is 1.99. The summed E-state index contributed by atoms with van der Waals surface area (Å²) in [6.07, 6.45) is 3.65. The number of hydrogen-bond donors (Lipinski definition) is 1. The van der Waals surface area contributed by atoms with E-state index in [4.69, 9.17) is 5.26 Å². The van der Waals surface area contributed by atoms with Gasteiger partial charge in [-0.25, -0.2) is 9.97 Å². The molecule has 0 amide bonds. The van der Waals surface area contributed by atoms with Crippen LogP contribution in [0.2, 0.25) is 0 Å². The molecule has 0 spiro atoms. The summed E-state index contributed by atoms with van der Waals surface area (Å²) in [6.45, 7) is 1.77. The summed E-state index contributed by atoms with van der Waals surface area (Å²) in [4.78, 5) is 11.2. The molecule has 4 heteroatoms. The molecule has 2 heterocycles. The minimum absolute atomic E-state index is 0.397. The topological polar surface area (TPSA) is 65.4 Å². The van der Waals surface area contributed by atoms with Crippen LogP contribution in [0.4, 0.5) is 0 Å². The monoisotopic (exact) mass is 184 g/mol. The van der Waals surface area contributed by atoms with Gasteiger partial charge in [-0.1, -0.05) is 0 Å². The molecule has 4 nitrogen and oxygen atoms in total. The average Bonchev–Trinajstić information content (AvgIpc) is 2.69. The largest absolute Gasteiger partial charge is 0.367 e. The fourth-order valence-electron chi connectivity index (χ4n) is 1.26. The first-order chi connectivity index (χ1) is 6.79. The van der Waals surface area contributed by atoms with Gasteiger partial charge in [-0.05, 0) is 13.0 Å². The first-order valence-electron chi connectivity index (χ1n) is 4.18. The Balaban J connectivity index is 2.55. The average molecular weight is 184 g/mol. The maximum atomic E-state index is 8.74. The standard InChI is InChI=1S/C10H8N4/c1-7-13-9(5-11)4-10(14-7)8-2-3-12-6-8/h2-4,6,12H,1H3. The molecule has 0 atom stereocenters. The maximum Gasteiger partial charge on any atom is 0.144 e. The molecule has 2 rings (SSSR count). The number of aromatic amines is 1. The Labute approximate surface area is 81.3 Å². The Hall–Kier alpha value is -2.15. The summed E-state index contributed by atoms with van der Waals surface area (Å²) >= 11 is 0. The van der Waals surface area contributed by atoms with Gasteiger partial charge in [0.15, 0.2) is 0 Å². The van der Waals surface area contributed by atoms with E-state index >= 15 is 0 Å². The smallest absolute Gasteiger partial charge is 0.144 e. The molecule has 0 saturated carbocycles. The van der Waals surface area contributed by atoms with E-state index in [0.29, 0.717) is 11.5 Å². The van der Waals surface area contributed by atoms with E-state index < -0.39 is 0 Å². The third-order valence-corrected chi connectivity index (χ3v) is 1.85. The van der Waals surface area contributed by atoms with Crippen LogP contribution < -0.4 is 0 Å². The predicted octanol–water partition coefficient (Wildman–Crippen LogP) is 1.65. The fourth-order valence-corrected chi connectivity index (χ4v) is 1.26. The van der Waals surface area contributed by atoms with Gasteiger partial charge >= 0.3 is 0 Å². The van der Waals surface area contributed by atoms with E-state index in [2.05, 4.69) is 15.0 Å². The van der Waals surface area contributed by atoms with Gasteiger partial charge in [0.1, 0.15) is 17.6 Å². The van der Waals surface area contributed by atoms with Crippen LogP contribution in [0.3, 0.4) is 0 Å². The third-order valence-electron chi connectivity index (χ3n) is 1.85. The van der Waals surface area contributed by atoms with E-state index in [9.17, 15) is 0 Å². The van der Waals surface area contributed by atoms with Crippen LogP contribution in [0.5, 0.6) is 0 Å². The van der Waals surface area contributed by atoms with Gasteiger partial charge < -0.3 is 4.98 Å². The zero-order valence-electron chi connectivity index (χ0n) is 7.65. The molecule has 0 fully saturated rings. The Bertz CT molecular complexity index is 479. The number of H-pyrrole nitrogens is 1. The van der Waals surface area contributed by atoms with Gasteiger partial charge in [0.25, 0.3) is 0 Å². The quantitative estimate of drug-likeness (QED) is 0.732. The lowest BCUT2D eigenvalue weighted by Crippen LogP contribution is -1.93. The zero-order chi connectivity index (χ0) is 9.97. The lowest BCUT2D eigenvalue weighted by molar-refractivity contribution is 1.04. The molecule has 0 unspecified atom stereocenters. The molecule has 0 radical (unpaired) electrons. The van der Waals surface area contributed by atoms with E-state index in [-0.39, 0.29) is 0 Å². The van der Waals surface area contributed by atoms with Gasteiger partial charge in [-0.15, -0.1) is 0 Å². The van der Waals surface area contributed by atoms with Crippen LogP contribution in [0, 0.1) is 18.3 Å². The van der Waals surface area contributed by atoms with Gasteiger partial charge in [-0.2, -0.15) is 5.26 Å². The molecule has 0 bridgehead atoms. The van der Waals surface area contributed by atoms with Crippen molar-refractivity contribution in [1.29, 1.82) is 5.26 Å². The highest BCUT2D eigenvalue weighted by molar-refractivity contribution is 5.59. The Morgan fingerprint density at radius 1 is 1.43 bits per heavy atom. The second kappa shape index (κ2) is 3.30.